The lowest BCUT2D eigenvalue weighted by atomic mass is 10.3. The highest BCUT2D eigenvalue weighted by atomic mass is 32.2. The Morgan fingerprint density at radius 3 is 2.17 bits per heavy atom. The fourth-order valence-corrected chi connectivity index (χ4v) is 4.26. The van der Waals surface area contributed by atoms with Gasteiger partial charge in [0.25, 0.3) is 0 Å². The minimum Gasteiger partial charge on any atom is -0.484 e. The van der Waals surface area contributed by atoms with Crippen LogP contribution >= 0.6 is 0 Å². The highest BCUT2D eigenvalue weighted by Crippen LogP contribution is 2.25. The topological polar surface area (TPSA) is 9.23 Å². The Morgan fingerprint density at radius 1 is 1.00 bits per heavy atom. The predicted octanol–water partition coefficient (Wildman–Crippen LogP) is 3.79. The molecule has 1 aromatic carbocycles. The van der Waals surface area contributed by atoms with Gasteiger partial charge in [0.2, 0.25) is 0 Å². The molecule has 1 fully saturated rings. The SMILES string of the molecule is FC(F)(F)COc1ccc([S+]2CCCCC2)cc1. The lowest BCUT2D eigenvalue weighted by Gasteiger charge is -2.14. The summed E-state index contributed by atoms with van der Waals surface area (Å²) in [7, 11) is 0.285. The van der Waals surface area contributed by atoms with Gasteiger partial charge in [-0.3, -0.25) is 0 Å². The number of alkyl halides is 3. The van der Waals surface area contributed by atoms with Crippen molar-refractivity contribution in [2.45, 2.75) is 30.3 Å². The summed E-state index contributed by atoms with van der Waals surface area (Å²) in [6.45, 7) is -1.22. The van der Waals surface area contributed by atoms with E-state index in [0.29, 0.717) is 0 Å². The van der Waals surface area contributed by atoms with Gasteiger partial charge in [-0.2, -0.15) is 13.2 Å². The molecule has 0 aromatic heterocycles. The first kappa shape index (κ1) is 13.6. The first-order valence-electron chi connectivity index (χ1n) is 6.02. The van der Waals surface area contributed by atoms with E-state index < -0.39 is 12.8 Å². The van der Waals surface area contributed by atoms with Gasteiger partial charge in [-0.1, -0.05) is 0 Å². The Morgan fingerprint density at radius 2 is 1.61 bits per heavy atom. The molecule has 1 nitrogen and oxygen atoms in total. The van der Waals surface area contributed by atoms with E-state index >= 15 is 0 Å². The van der Waals surface area contributed by atoms with Gasteiger partial charge in [0.15, 0.2) is 11.5 Å². The highest BCUT2D eigenvalue weighted by molar-refractivity contribution is 7.96. The van der Waals surface area contributed by atoms with Crippen LogP contribution in [0.5, 0.6) is 5.75 Å². The number of ether oxygens (including phenoxy) is 1. The van der Waals surface area contributed by atoms with Crippen LogP contribution in [0.2, 0.25) is 0 Å². The molecule has 1 aliphatic rings. The van der Waals surface area contributed by atoms with Gasteiger partial charge in [-0.05, 0) is 43.5 Å². The molecule has 0 aliphatic carbocycles. The zero-order chi connectivity index (χ0) is 13.0. The molecule has 100 valence electrons. The summed E-state index contributed by atoms with van der Waals surface area (Å²) in [6, 6.07) is 7.09. The largest absolute Gasteiger partial charge is 0.484 e. The van der Waals surface area contributed by atoms with E-state index in [1.807, 2.05) is 12.1 Å². The fraction of sp³-hybridized carbons (Fsp3) is 0.538. The molecular weight excluding hydrogens is 261 g/mol. The summed E-state index contributed by atoms with van der Waals surface area (Å²) in [6.07, 6.45) is -0.453. The van der Waals surface area contributed by atoms with Crippen LogP contribution < -0.4 is 4.74 Å². The van der Waals surface area contributed by atoms with Gasteiger partial charge in [0.1, 0.15) is 17.3 Å². The number of halogens is 3. The van der Waals surface area contributed by atoms with E-state index in [4.69, 9.17) is 4.74 Å². The number of rotatable bonds is 3. The molecule has 5 heteroatoms. The van der Waals surface area contributed by atoms with Gasteiger partial charge in [0, 0.05) is 10.9 Å². The van der Waals surface area contributed by atoms with Gasteiger partial charge in [-0.25, -0.2) is 0 Å². The molecule has 0 unspecified atom stereocenters. The maximum absolute atomic E-state index is 12.0. The zero-order valence-corrected chi connectivity index (χ0v) is 10.8. The van der Waals surface area contributed by atoms with Crippen molar-refractivity contribution in [1.29, 1.82) is 0 Å². The van der Waals surface area contributed by atoms with Crippen LogP contribution in [0.1, 0.15) is 19.3 Å². The molecule has 18 heavy (non-hydrogen) atoms. The zero-order valence-electron chi connectivity index (χ0n) is 10.0. The third kappa shape index (κ3) is 4.12. The molecule has 1 aliphatic heterocycles. The molecule has 0 N–H and O–H groups in total. The molecular formula is C13H16F3OS+. The summed E-state index contributed by atoms with van der Waals surface area (Å²) in [5.74, 6) is 2.71. The maximum Gasteiger partial charge on any atom is 0.422 e. The second-order valence-electron chi connectivity index (χ2n) is 4.34. The Bertz CT molecular complexity index is 369. The number of hydrogen-bond acceptors (Lipinski definition) is 1. The first-order chi connectivity index (χ1) is 8.54. The molecule has 0 bridgehead atoms. The van der Waals surface area contributed by atoms with Crippen molar-refractivity contribution in [2.24, 2.45) is 0 Å². The molecule has 0 radical (unpaired) electrons. The molecule has 1 saturated heterocycles. The van der Waals surface area contributed by atoms with Gasteiger partial charge in [-0.15, -0.1) is 0 Å². The predicted molar refractivity (Wildman–Crippen MR) is 67.2 cm³/mol. The second-order valence-corrected chi connectivity index (χ2v) is 6.61. The smallest absolute Gasteiger partial charge is 0.422 e. The van der Waals surface area contributed by atoms with Crippen molar-refractivity contribution in [3.05, 3.63) is 24.3 Å². The van der Waals surface area contributed by atoms with Crippen LogP contribution in [0.25, 0.3) is 0 Å². The van der Waals surface area contributed by atoms with Gasteiger partial charge < -0.3 is 4.74 Å². The highest BCUT2D eigenvalue weighted by Gasteiger charge is 2.29. The van der Waals surface area contributed by atoms with E-state index in [9.17, 15) is 13.2 Å². The summed E-state index contributed by atoms with van der Waals surface area (Å²) < 4.78 is 40.7. The molecule has 2 rings (SSSR count). The quantitative estimate of drug-likeness (QED) is 0.764. The van der Waals surface area contributed by atoms with Gasteiger partial charge in [0.05, 0.1) is 0 Å². The van der Waals surface area contributed by atoms with Crippen molar-refractivity contribution in [1.82, 2.24) is 0 Å². The van der Waals surface area contributed by atoms with Crippen LogP contribution in [0.3, 0.4) is 0 Å². The van der Waals surface area contributed by atoms with E-state index in [0.717, 1.165) is 0 Å². The van der Waals surface area contributed by atoms with Gasteiger partial charge >= 0.3 is 6.18 Å². The number of hydrogen-bond donors (Lipinski definition) is 0. The summed E-state index contributed by atoms with van der Waals surface area (Å²) in [5, 5.41) is 0. The Kier molecular flexibility index (Phi) is 4.43. The van der Waals surface area contributed by atoms with Crippen molar-refractivity contribution in [2.75, 3.05) is 18.1 Å². The van der Waals surface area contributed by atoms with Crippen molar-refractivity contribution in [3.8, 4) is 5.75 Å². The van der Waals surface area contributed by atoms with E-state index in [1.165, 1.54) is 35.7 Å². The molecule has 0 saturated carbocycles. The molecule has 1 aromatic rings. The average Bonchev–Trinajstić information content (AvgIpc) is 2.37. The Labute approximate surface area is 108 Å². The molecule has 0 amide bonds. The standard InChI is InChI=1S/C13H16F3OS/c14-13(15,16)10-17-11-4-6-12(7-5-11)18-8-2-1-3-9-18/h4-7H,1-3,8-10H2/q+1. The van der Waals surface area contributed by atoms with E-state index in [1.54, 1.807) is 12.1 Å². The van der Waals surface area contributed by atoms with Crippen LogP contribution in [-0.4, -0.2) is 24.3 Å². The minimum absolute atomic E-state index is 0.285. The minimum atomic E-state index is -4.27. The Balaban J connectivity index is 1.92. The summed E-state index contributed by atoms with van der Waals surface area (Å²) in [5.41, 5.74) is 0. The summed E-state index contributed by atoms with van der Waals surface area (Å²) in [4.78, 5) is 1.24. The third-order valence-corrected chi connectivity index (χ3v) is 5.34. The van der Waals surface area contributed by atoms with Crippen molar-refractivity contribution in [3.63, 3.8) is 0 Å². The van der Waals surface area contributed by atoms with Crippen molar-refractivity contribution < 1.29 is 17.9 Å². The lowest BCUT2D eigenvalue weighted by molar-refractivity contribution is -0.153. The summed E-state index contributed by atoms with van der Waals surface area (Å²) >= 11 is 0. The average molecular weight is 277 g/mol. The second kappa shape index (κ2) is 5.87. The van der Waals surface area contributed by atoms with Crippen LogP contribution in [0, 0.1) is 0 Å². The fourth-order valence-electron chi connectivity index (χ4n) is 1.96. The van der Waals surface area contributed by atoms with E-state index in [-0.39, 0.29) is 16.6 Å². The van der Waals surface area contributed by atoms with Crippen molar-refractivity contribution >= 4 is 10.9 Å². The lowest BCUT2D eigenvalue weighted by Crippen LogP contribution is -2.19. The van der Waals surface area contributed by atoms with E-state index in [2.05, 4.69) is 0 Å². The molecule has 1 heterocycles. The Hall–Kier alpha value is -0.840. The first-order valence-corrected chi connectivity index (χ1v) is 7.58. The number of benzene rings is 1. The maximum atomic E-state index is 12.0. The molecule has 0 atom stereocenters. The third-order valence-electron chi connectivity index (χ3n) is 2.84. The normalized spacial score (nSPS) is 17.7. The van der Waals surface area contributed by atoms with Crippen LogP contribution in [0.15, 0.2) is 29.2 Å². The van der Waals surface area contributed by atoms with Crippen LogP contribution in [-0.2, 0) is 10.9 Å². The van der Waals surface area contributed by atoms with Crippen LogP contribution in [0.4, 0.5) is 13.2 Å². The molecule has 0 spiro atoms. The monoisotopic (exact) mass is 277 g/mol.